The summed E-state index contributed by atoms with van der Waals surface area (Å²) in [5.41, 5.74) is 3.66. The van der Waals surface area contributed by atoms with Crippen LogP contribution in [-0.4, -0.2) is 34.8 Å². The Hall–Kier alpha value is -4.04. The predicted octanol–water partition coefficient (Wildman–Crippen LogP) is 4.81. The molecular weight excluding hydrogens is 458 g/mol. The molecule has 1 aliphatic rings. The number of nitrogens with zero attached hydrogens (tertiary/aromatic N) is 3. The first-order valence-corrected chi connectivity index (χ1v) is 11.9. The van der Waals surface area contributed by atoms with E-state index in [-0.39, 0.29) is 11.6 Å². The number of fused-ring (bicyclic) bond motifs is 1. The minimum absolute atomic E-state index is 0.148. The van der Waals surface area contributed by atoms with E-state index < -0.39 is 17.0 Å². The van der Waals surface area contributed by atoms with E-state index in [9.17, 15) is 19.7 Å². The number of benzene rings is 3. The lowest BCUT2D eigenvalue weighted by molar-refractivity contribution is -0.384. The molecule has 0 spiro atoms. The molecule has 1 unspecified atom stereocenters. The fourth-order valence-corrected chi connectivity index (χ4v) is 4.70. The van der Waals surface area contributed by atoms with Crippen LogP contribution in [0, 0.1) is 10.1 Å². The Morgan fingerprint density at radius 1 is 1.00 bits per heavy atom. The second-order valence-corrected chi connectivity index (χ2v) is 8.96. The highest BCUT2D eigenvalue weighted by Crippen LogP contribution is 2.40. The summed E-state index contributed by atoms with van der Waals surface area (Å²) in [5, 5.41) is 12.0. The maximum absolute atomic E-state index is 12.1. The van der Waals surface area contributed by atoms with Crippen LogP contribution < -0.4 is 4.90 Å². The zero-order valence-corrected chi connectivity index (χ0v) is 20.4. The molecule has 0 bridgehead atoms. The summed E-state index contributed by atoms with van der Waals surface area (Å²) < 4.78 is 5.73. The van der Waals surface area contributed by atoms with Crippen molar-refractivity contribution in [2.45, 2.75) is 39.5 Å². The number of carbonyl (C=O) groups is 2. The first-order chi connectivity index (χ1) is 17.3. The summed E-state index contributed by atoms with van der Waals surface area (Å²) >= 11 is 0. The third-order valence-electron chi connectivity index (χ3n) is 6.24. The second-order valence-electron chi connectivity index (χ2n) is 8.96. The molecule has 8 nitrogen and oxygen atoms in total. The number of amides is 1. The number of nitro groups is 1. The molecule has 3 aromatic carbocycles. The summed E-state index contributed by atoms with van der Waals surface area (Å²) in [4.78, 5) is 39.3. The molecule has 1 aliphatic heterocycles. The third kappa shape index (κ3) is 5.95. The van der Waals surface area contributed by atoms with Crippen molar-refractivity contribution in [1.29, 1.82) is 0 Å². The molecule has 0 radical (unpaired) electrons. The summed E-state index contributed by atoms with van der Waals surface area (Å²) in [6.45, 7) is 4.69. The minimum Gasteiger partial charge on any atom is -0.456 e. The van der Waals surface area contributed by atoms with Crippen LogP contribution in [0.4, 0.5) is 11.4 Å². The fraction of sp³-hybridized carbons (Fsp3) is 0.286. The van der Waals surface area contributed by atoms with Crippen molar-refractivity contribution >= 4 is 23.3 Å². The average molecular weight is 488 g/mol. The molecule has 0 N–H and O–H groups in total. The van der Waals surface area contributed by atoms with Crippen LogP contribution >= 0.6 is 0 Å². The molecule has 0 aliphatic carbocycles. The Labute approximate surface area is 210 Å². The highest BCUT2D eigenvalue weighted by atomic mass is 16.6. The molecule has 8 heteroatoms. The highest BCUT2D eigenvalue weighted by molar-refractivity contribution is 5.96. The van der Waals surface area contributed by atoms with Gasteiger partial charge < -0.3 is 9.64 Å². The smallest absolute Gasteiger partial charge is 0.303 e. The van der Waals surface area contributed by atoms with Crippen LogP contribution in [0.15, 0.2) is 72.8 Å². The Morgan fingerprint density at radius 3 is 2.08 bits per heavy atom. The van der Waals surface area contributed by atoms with Crippen LogP contribution in [0.5, 0.6) is 0 Å². The van der Waals surface area contributed by atoms with Crippen LogP contribution in [-0.2, 0) is 33.8 Å². The molecule has 1 heterocycles. The number of hydrogen-bond donors (Lipinski definition) is 0. The highest BCUT2D eigenvalue weighted by Gasteiger charge is 2.33. The lowest BCUT2D eigenvalue weighted by atomic mass is 10.0. The first-order valence-electron chi connectivity index (χ1n) is 11.9. The van der Waals surface area contributed by atoms with E-state index >= 15 is 0 Å². The number of anilines is 1. The van der Waals surface area contributed by atoms with Gasteiger partial charge >= 0.3 is 5.97 Å². The number of hydrogen-bond acceptors (Lipinski definition) is 6. The number of nitro benzene ring substituents is 1. The zero-order chi connectivity index (χ0) is 25.7. The fourth-order valence-electron chi connectivity index (χ4n) is 4.70. The van der Waals surface area contributed by atoms with Gasteiger partial charge in [-0.1, -0.05) is 60.7 Å². The molecule has 4 rings (SSSR count). The van der Waals surface area contributed by atoms with Crippen LogP contribution in [0.1, 0.15) is 42.2 Å². The molecule has 0 aromatic heterocycles. The lowest BCUT2D eigenvalue weighted by Crippen LogP contribution is -2.30. The SMILES string of the molecule is CC(=O)OC(CN(Cc1ccccc1)Cc1ccccc1)c1cc2c(c([N+](=O)[O-])c1)N(C(C)=O)CC2. The average Bonchev–Trinajstić information content (AvgIpc) is 3.28. The second kappa shape index (κ2) is 11.1. The molecule has 1 atom stereocenters. The van der Waals surface area contributed by atoms with Crippen molar-refractivity contribution in [2.75, 3.05) is 18.0 Å². The van der Waals surface area contributed by atoms with Gasteiger partial charge in [-0.05, 0) is 29.2 Å². The maximum atomic E-state index is 12.1. The van der Waals surface area contributed by atoms with Crippen molar-refractivity contribution in [3.63, 3.8) is 0 Å². The Bertz CT molecular complexity index is 1210. The van der Waals surface area contributed by atoms with Gasteiger partial charge in [0.15, 0.2) is 0 Å². The van der Waals surface area contributed by atoms with Crippen molar-refractivity contribution < 1.29 is 19.2 Å². The van der Waals surface area contributed by atoms with E-state index in [1.54, 1.807) is 0 Å². The van der Waals surface area contributed by atoms with Crippen LogP contribution in [0.3, 0.4) is 0 Å². The van der Waals surface area contributed by atoms with Crippen LogP contribution in [0.25, 0.3) is 0 Å². The Morgan fingerprint density at radius 2 is 1.58 bits per heavy atom. The van der Waals surface area contributed by atoms with E-state index in [1.165, 1.54) is 24.8 Å². The molecule has 186 valence electrons. The zero-order valence-electron chi connectivity index (χ0n) is 20.4. The Balaban J connectivity index is 1.70. The molecule has 36 heavy (non-hydrogen) atoms. The maximum Gasteiger partial charge on any atom is 0.303 e. The van der Waals surface area contributed by atoms with Crippen molar-refractivity contribution in [2.24, 2.45) is 0 Å². The standard InChI is InChI=1S/C28H29N3O5/c1-20(32)30-14-13-24-15-25(16-26(28(24)30)31(34)35)27(36-21(2)33)19-29(17-22-9-5-3-6-10-22)18-23-11-7-4-8-12-23/h3-12,15-16,27H,13-14,17-19H2,1-2H3. The van der Waals surface area contributed by atoms with E-state index in [4.69, 9.17) is 4.74 Å². The van der Waals surface area contributed by atoms with Gasteiger partial charge in [0.1, 0.15) is 11.8 Å². The predicted molar refractivity (Wildman–Crippen MR) is 136 cm³/mol. The van der Waals surface area contributed by atoms with Gasteiger partial charge in [-0.15, -0.1) is 0 Å². The number of esters is 1. The Kier molecular flexibility index (Phi) is 7.75. The molecule has 1 amide bonds. The van der Waals surface area contributed by atoms with E-state index in [2.05, 4.69) is 4.90 Å². The number of ether oxygens (including phenoxy) is 1. The number of carbonyl (C=O) groups excluding carboxylic acids is 2. The van der Waals surface area contributed by atoms with Gasteiger partial charge in [-0.25, -0.2) is 0 Å². The van der Waals surface area contributed by atoms with Gasteiger partial charge in [-0.3, -0.25) is 24.6 Å². The normalized spacial score (nSPS) is 13.4. The molecule has 0 fully saturated rings. The van der Waals surface area contributed by atoms with E-state index in [0.717, 1.165) is 11.1 Å². The van der Waals surface area contributed by atoms with Gasteiger partial charge in [-0.2, -0.15) is 0 Å². The first kappa shape index (κ1) is 25.1. The molecule has 3 aromatic rings. The summed E-state index contributed by atoms with van der Waals surface area (Å²) in [6.07, 6.45) is -0.209. The molecule has 0 saturated carbocycles. The topological polar surface area (TPSA) is 93.0 Å². The summed E-state index contributed by atoms with van der Waals surface area (Å²) in [7, 11) is 0. The monoisotopic (exact) mass is 487 g/mol. The van der Waals surface area contributed by atoms with Crippen molar-refractivity contribution in [3.05, 3.63) is 105 Å². The van der Waals surface area contributed by atoms with Gasteiger partial charge in [0.05, 0.1) is 4.92 Å². The lowest BCUT2D eigenvalue weighted by Gasteiger charge is -2.28. The summed E-state index contributed by atoms with van der Waals surface area (Å²) in [6, 6.07) is 23.2. The largest absolute Gasteiger partial charge is 0.456 e. The van der Waals surface area contributed by atoms with Crippen molar-refractivity contribution in [3.8, 4) is 0 Å². The number of rotatable bonds is 9. The third-order valence-corrected chi connectivity index (χ3v) is 6.24. The van der Waals surface area contributed by atoms with Crippen LogP contribution in [0.2, 0.25) is 0 Å². The molecular formula is C28H29N3O5. The summed E-state index contributed by atoms with van der Waals surface area (Å²) in [5.74, 6) is -0.703. The van der Waals surface area contributed by atoms with Gasteiger partial charge in [0, 0.05) is 51.7 Å². The quantitative estimate of drug-likeness (QED) is 0.244. The minimum atomic E-state index is -0.717. The van der Waals surface area contributed by atoms with Gasteiger partial charge in [0.25, 0.3) is 5.69 Å². The van der Waals surface area contributed by atoms with E-state index in [0.29, 0.717) is 49.4 Å². The van der Waals surface area contributed by atoms with Gasteiger partial charge in [0.2, 0.25) is 5.91 Å². The van der Waals surface area contributed by atoms with E-state index in [1.807, 2.05) is 66.7 Å². The van der Waals surface area contributed by atoms with Crippen molar-refractivity contribution in [1.82, 2.24) is 4.90 Å². The molecule has 0 saturated heterocycles.